The number of carboxylic acids is 1. The molecule has 1 aliphatic rings. The van der Waals surface area contributed by atoms with Crippen LogP contribution in [-0.4, -0.2) is 35.7 Å². The predicted octanol–water partition coefficient (Wildman–Crippen LogP) is 0.782. The van der Waals surface area contributed by atoms with E-state index in [0.29, 0.717) is 32.5 Å². The molecule has 1 rings (SSSR count). The van der Waals surface area contributed by atoms with Crippen molar-refractivity contribution < 1.29 is 19.4 Å². The first-order valence-electron chi connectivity index (χ1n) is 5.63. The number of hydrogen-bond donors (Lipinski definition) is 2. The lowest BCUT2D eigenvalue weighted by atomic mass is 9.95. The molecule has 0 aromatic heterocycles. The fraction of sp³-hybridized carbons (Fsp3) is 0.818. The zero-order valence-electron chi connectivity index (χ0n) is 9.78. The number of aliphatic carboxylic acids is 1. The van der Waals surface area contributed by atoms with Gasteiger partial charge in [-0.25, -0.2) is 4.79 Å². The van der Waals surface area contributed by atoms with Crippen molar-refractivity contribution in [1.29, 1.82) is 0 Å². The monoisotopic (exact) mass is 229 g/mol. The molecular weight excluding hydrogens is 210 g/mol. The van der Waals surface area contributed by atoms with Crippen LogP contribution in [0.1, 0.15) is 33.1 Å². The maximum Gasteiger partial charge on any atom is 0.329 e. The molecule has 1 aliphatic heterocycles. The third kappa shape index (κ3) is 2.95. The van der Waals surface area contributed by atoms with Gasteiger partial charge >= 0.3 is 5.97 Å². The minimum Gasteiger partial charge on any atom is -0.480 e. The van der Waals surface area contributed by atoms with E-state index in [9.17, 15) is 9.59 Å². The largest absolute Gasteiger partial charge is 0.480 e. The second-order valence-electron chi connectivity index (χ2n) is 4.44. The van der Waals surface area contributed by atoms with Gasteiger partial charge in [-0.15, -0.1) is 0 Å². The van der Waals surface area contributed by atoms with Crippen molar-refractivity contribution in [2.75, 3.05) is 13.2 Å². The number of amides is 1. The Labute approximate surface area is 95.2 Å². The molecule has 2 atom stereocenters. The molecule has 2 unspecified atom stereocenters. The maximum atomic E-state index is 11.8. The standard InChI is InChI=1S/C11H19NO4/c1-3-5-11(2,10(14)15)12-9(13)8-4-6-16-7-8/h8H,3-7H2,1-2H3,(H,12,13)(H,14,15). The Hall–Kier alpha value is -1.10. The van der Waals surface area contributed by atoms with Crippen LogP contribution in [0.2, 0.25) is 0 Å². The fourth-order valence-corrected chi connectivity index (χ4v) is 1.84. The molecule has 1 heterocycles. The van der Waals surface area contributed by atoms with Crippen LogP contribution in [0.5, 0.6) is 0 Å². The van der Waals surface area contributed by atoms with Crippen molar-refractivity contribution in [3.8, 4) is 0 Å². The molecule has 1 fully saturated rings. The van der Waals surface area contributed by atoms with Crippen LogP contribution in [0.15, 0.2) is 0 Å². The zero-order valence-corrected chi connectivity index (χ0v) is 9.78. The van der Waals surface area contributed by atoms with Crippen LogP contribution in [0.4, 0.5) is 0 Å². The highest BCUT2D eigenvalue weighted by Crippen LogP contribution is 2.17. The van der Waals surface area contributed by atoms with Gasteiger partial charge in [-0.3, -0.25) is 4.79 Å². The Bertz CT molecular complexity index is 273. The number of nitrogens with one attached hydrogen (secondary N) is 1. The average molecular weight is 229 g/mol. The summed E-state index contributed by atoms with van der Waals surface area (Å²) in [6.07, 6.45) is 1.82. The molecule has 1 amide bonds. The van der Waals surface area contributed by atoms with E-state index < -0.39 is 11.5 Å². The van der Waals surface area contributed by atoms with Crippen LogP contribution in [-0.2, 0) is 14.3 Å². The third-order valence-corrected chi connectivity index (χ3v) is 2.92. The molecule has 16 heavy (non-hydrogen) atoms. The van der Waals surface area contributed by atoms with Crippen molar-refractivity contribution in [2.24, 2.45) is 5.92 Å². The van der Waals surface area contributed by atoms with E-state index in [2.05, 4.69) is 5.32 Å². The van der Waals surface area contributed by atoms with E-state index in [1.165, 1.54) is 0 Å². The molecule has 0 aliphatic carbocycles. The lowest BCUT2D eigenvalue weighted by Gasteiger charge is -2.27. The second-order valence-corrected chi connectivity index (χ2v) is 4.44. The second kappa shape index (κ2) is 5.30. The van der Waals surface area contributed by atoms with Gasteiger partial charge in [0.1, 0.15) is 5.54 Å². The van der Waals surface area contributed by atoms with E-state index in [1.54, 1.807) is 6.92 Å². The highest BCUT2D eigenvalue weighted by Gasteiger charge is 2.36. The Morgan fingerprint density at radius 2 is 2.25 bits per heavy atom. The number of rotatable bonds is 5. The van der Waals surface area contributed by atoms with Gasteiger partial charge in [0.2, 0.25) is 5.91 Å². The number of carbonyl (C=O) groups excluding carboxylic acids is 1. The molecule has 92 valence electrons. The zero-order chi connectivity index (χ0) is 12.2. The molecule has 0 aromatic carbocycles. The summed E-state index contributed by atoms with van der Waals surface area (Å²) in [4.78, 5) is 22.9. The first-order valence-corrected chi connectivity index (χ1v) is 5.63. The smallest absolute Gasteiger partial charge is 0.329 e. The maximum absolute atomic E-state index is 11.8. The molecule has 5 heteroatoms. The van der Waals surface area contributed by atoms with Crippen LogP contribution in [0, 0.1) is 5.92 Å². The van der Waals surface area contributed by atoms with Crippen molar-refractivity contribution in [3.63, 3.8) is 0 Å². The van der Waals surface area contributed by atoms with Crippen LogP contribution >= 0.6 is 0 Å². The van der Waals surface area contributed by atoms with Gasteiger partial charge in [-0.2, -0.15) is 0 Å². The minimum atomic E-state index is -1.16. The van der Waals surface area contributed by atoms with Gasteiger partial charge in [-0.1, -0.05) is 13.3 Å². The van der Waals surface area contributed by atoms with E-state index in [0.717, 1.165) is 0 Å². The summed E-state index contributed by atoms with van der Waals surface area (Å²) in [6, 6.07) is 0. The number of ether oxygens (including phenoxy) is 1. The molecular formula is C11H19NO4. The van der Waals surface area contributed by atoms with Crippen molar-refractivity contribution >= 4 is 11.9 Å². The molecule has 1 saturated heterocycles. The fourth-order valence-electron chi connectivity index (χ4n) is 1.84. The summed E-state index contributed by atoms with van der Waals surface area (Å²) < 4.78 is 5.10. The molecule has 0 aromatic rings. The van der Waals surface area contributed by atoms with Crippen molar-refractivity contribution in [2.45, 2.75) is 38.6 Å². The Kier molecular flexibility index (Phi) is 4.29. The van der Waals surface area contributed by atoms with Crippen LogP contribution in [0.25, 0.3) is 0 Å². The summed E-state index contributed by atoms with van der Waals surface area (Å²) >= 11 is 0. The summed E-state index contributed by atoms with van der Waals surface area (Å²) in [6.45, 7) is 4.42. The van der Waals surface area contributed by atoms with E-state index in [1.807, 2.05) is 6.92 Å². The van der Waals surface area contributed by atoms with Gasteiger partial charge in [0.15, 0.2) is 0 Å². The van der Waals surface area contributed by atoms with Gasteiger partial charge in [0, 0.05) is 6.61 Å². The number of carbonyl (C=O) groups is 2. The number of carboxylic acid groups (broad SMARTS) is 1. The topological polar surface area (TPSA) is 75.6 Å². The van der Waals surface area contributed by atoms with Crippen LogP contribution < -0.4 is 5.32 Å². The molecule has 2 N–H and O–H groups in total. The lowest BCUT2D eigenvalue weighted by molar-refractivity contribution is -0.147. The minimum absolute atomic E-state index is 0.199. The van der Waals surface area contributed by atoms with Crippen LogP contribution in [0.3, 0.4) is 0 Å². The Morgan fingerprint density at radius 3 is 2.69 bits per heavy atom. The average Bonchev–Trinajstić information content (AvgIpc) is 2.70. The summed E-state index contributed by atoms with van der Waals surface area (Å²) in [5.41, 5.74) is -1.16. The SMILES string of the molecule is CCCC(C)(NC(=O)C1CCOC1)C(=O)O. The Morgan fingerprint density at radius 1 is 1.56 bits per heavy atom. The van der Waals surface area contributed by atoms with Crippen molar-refractivity contribution in [1.82, 2.24) is 5.32 Å². The van der Waals surface area contributed by atoms with E-state index in [-0.39, 0.29) is 11.8 Å². The van der Waals surface area contributed by atoms with Gasteiger partial charge in [0.05, 0.1) is 12.5 Å². The summed E-state index contributed by atoms with van der Waals surface area (Å²) in [5.74, 6) is -1.40. The Balaban J connectivity index is 2.60. The molecule has 0 spiro atoms. The summed E-state index contributed by atoms with van der Waals surface area (Å²) in [7, 11) is 0. The third-order valence-electron chi connectivity index (χ3n) is 2.92. The summed E-state index contributed by atoms with van der Waals surface area (Å²) in [5, 5.41) is 11.7. The predicted molar refractivity (Wildman–Crippen MR) is 58.0 cm³/mol. The van der Waals surface area contributed by atoms with Gasteiger partial charge in [0.25, 0.3) is 0 Å². The molecule has 5 nitrogen and oxygen atoms in total. The van der Waals surface area contributed by atoms with E-state index in [4.69, 9.17) is 9.84 Å². The lowest BCUT2D eigenvalue weighted by Crippen LogP contribution is -2.53. The van der Waals surface area contributed by atoms with Crippen molar-refractivity contribution in [3.05, 3.63) is 0 Å². The highest BCUT2D eigenvalue weighted by atomic mass is 16.5. The molecule has 0 radical (unpaired) electrons. The highest BCUT2D eigenvalue weighted by molar-refractivity contribution is 5.87. The molecule has 0 saturated carbocycles. The van der Waals surface area contributed by atoms with E-state index >= 15 is 0 Å². The van der Waals surface area contributed by atoms with Gasteiger partial charge < -0.3 is 15.2 Å². The van der Waals surface area contributed by atoms with Gasteiger partial charge in [-0.05, 0) is 19.8 Å². The molecule has 0 bridgehead atoms. The normalized spacial score (nSPS) is 23.8. The number of hydrogen-bond acceptors (Lipinski definition) is 3. The first-order chi connectivity index (χ1) is 7.49. The first kappa shape index (κ1) is 13.0. The quantitative estimate of drug-likeness (QED) is 0.730.